The van der Waals surface area contributed by atoms with Gasteiger partial charge in [-0.3, -0.25) is 0 Å². The van der Waals surface area contributed by atoms with Crippen molar-refractivity contribution in [2.75, 3.05) is 4.90 Å². The van der Waals surface area contributed by atoms with Crippen LogP contribution in [0.3, 0.4) is 0 Å². The Morgan fingerprint density at radius 3 is 1.49 bits per heavy atom. The molecular weight excluding hydrogens is 639 g/mol. The fraction of sp³-hybridized carbons (Fsp3) is 0. The topological polar surface area (TPSA) is 3.24 Å². The van der Waals surface area contributed by atoms with E-state index < -0.39 is 95.6 Å². The first-order chi connectivity index (χ1) is 31.7. The lowest BCUT2D eigenvalue weighted by atomic mass is 9.91. The van der Waals surface area contributed by atoms with Crippen LogP contribution in [-0.4, -0.2) is 0 Å². The van der Waals surface area contributed by atoms with Crippen LogP contribution in [0.15, 0.2) is 224 Å². The Morgan fingerprint density at radius 2 is 0.811 bits per heavy atom. The van der Waals surface area contributed by atoms with Crippen LogP contribution in [0.5, 0.6) is 0 Å². The summed E-state index contributed by atoms with van der Waals surface area (Å²) in [6.45, 7) is 0. The zero-order valence-corrected chi connectivity index (χ0v) is 28.3. The van der Waals surface area contributed by atoms with Crippen LogP contribution in [-0.2, 0) is 0 Å². The molecule has 0 unspecified atom stereocenters. The second-order valence-corrected chi connectivity index (χ2v) is 12.4. The lowest BCUT2D eigenvalue weighted by Gasteiger charge is -2.26. The normalized spacial score (nSPS) is 14.5. The SMILES string of the molecule is [2H]c1c([2H])c([2H])c(N(c2c([2H])c([2H])c(-c3cccc(-c4cccc5ccccc45)c3)c([2H])c2[2H])c2c([2H])c([2H])c(-c3ccc(-c4ccccc4)c(-c4ccccc4)c3)c([2H])c2[2H])c([2H])c1[2H]. The standard InChI is InChI=1S/C52H37N/c1-4-14-40(15-5-1)51-35-30-44(37-52(51)42-16-6-2-7-17-42)39-28-33-48(34-29-39)53(46-22-8-3-9-23-46)47-31-26-38(27-32-47)43-20-12-21-45(36-43)50-25-13-19-41-18-10-11-24-49(41)50/h1-37H/i3D,8D,9D,22D,23D,26D,27D,28D,29D,31D,32D,33D,34D. The van der Waals surface area contributed by atoms with Crippen LogP contribution in [0.25, 0.3) is 66.4 Å². The Balaban J connectivity index is 1.28. The Kier molecular flexibility index (Phi) is 5.62. The molecule has 0 fully saturated rings. The maximum absolute atomic E-state index is 9.52. The Bertz CT molecular complexity index is 3320. The predicted octanol–water partition coefficient (Wildman–Crippen LogP) is 14.6. The second-order valence-electron chi connectivity index (χ2n) is 12.4. The molecule has 250 valence electrons. The molecule has 0 atom stereocenters. The van der Waals surface area contributed by atoms with Crippen molar-refractivity contribution in [3.8, 4) is 55.6 Å². The summed E-state index contributed by atoms with van der Waals surface area (Å²) in [5.41, 5.74) is 3.56. The minimum absolute atomic E-state index is 0.0834. The van der Waals surface area contributed by atoms with E-state index in [9.17, 15) is 11.0 Å². The highest BCUT2D eigenvalue weighted by atomic mass is 15.1. The van der Waals surface area contributed by atoms with Crippen LogP contribution in [0.1, 0.15) is 17.8 Å². The van der Waals surface area contributed by atoms with Crippen molar-refractivity contribution in [2.24, 2.45) is 0 Å². The summed E-state index contributed by atoms with van der Waals surface area (Å²) in [4.78, 5) is 0.760. The molecule has 0 aliphatic rings. The quantitative estimate of drug-likeness (QED) is 0.154. The molecule has 0 saturated heterocycles. The maximum atomic E-state index is 9.52. The minimum atomic E-state index is -0.824. The fourth-order valence-electron chi connectivity index (χ4n) is 6.56. The molecule has 1 heteroatoms. The third kappa shape index (κ3) is 6.53. The van der Waals surface area contributed by atoms with Gasteiger partial charge in [-0.2, -0.15) is 0 Å². The van der Waals surface area contributed by atoms with Crippen molar-refractivity contribution in [1.29, 1.82) is 0 Å². The number of anilines is 3. The molecule has 0 saturated carbocycles. The van der Waals surface area contributed by atoms with E-state index >= 15 is 0 Å². The molecule has 53 heavy (non-hydrogen) atoms. The number of nitrogens with zero attached hydrogens (tertiary/aromatic N) is 1. The first kappa shape index (κ1) is 20.8. The molecule has 0 spiro atoms. The summed E-state index contributed by atoms with van der Waals surface area (Å²) in [5.74, 6) is 0. The summed E-state index contributed by atoms with van der Waals surface area (Å²) in [7, 11) is 0. The highest BCUT2D eigenvalue weighted by Crippen LogP contribution is 2.39. The zero-order valence-electron chi connectivity index (χ0n) is 41.3. The van der Waals surface area contributed by atoms with E-state index in [1.165, 1.54) is 0 Å². The Hall–Kier alpha value is -6.96. The fourth-order valence-corrected chi connectivity index (χ4v) is 6.56. The van der Waals surface area contributed by atoms with E-state index in [-0.39, 0.29) is 11.1 Å². The first-order valence-corrected chi connectivity index (χ1v) is 17.1. The van der Waals surface area contributed by atoms with Gasteiger partial charge in [0.25, 0.3) is 0 Å². The van der Waals surface area contributed by atoms with Gasteiger partial charge in [0, 0.05) is 17.1 Å². The van der Waals surface area contributed by atoms with Crippen molar-refractivity contribution in [1.82, 2.24) is 0 Å². The highest BCUT2D eigenvalue weighted by Gasteiger charge is 2.15. The predicted molar refractivity (Wildman–Crippen MR) is 226 cm³/mol. The largest absolute Gasteiger partial charge is 0.311 e. The van der Waals surface area contributed by atoms with Crippen LogP contribution in [0.2, 0.25) is 0 Å². The van der Waals surface area contributed by atoms with E-state index in [2.05, 4.69) is 0 Å². The van der Waals surface area contributed by atoms with Crippen LogP contribution >= 0.6 is 0 Å². The second kappa shape index (κ2) is 14.3. The van der Waals surface area contributed by atoms with Gasteiger partial charge in [0.15, 0.2) is 0 Å². The number of hydrogen-bond acceptors (Lipinski definition) is 1. The van der Waals surface area contributed by atoms with Gasteiger partial charge >= 0.3 is 0 Å². The Morgan fingerprint density at radius 1 is 0.302 bits per heavy atom. The molecule has 9 rings (SSSR count). The third-order valence-electron chi connectivity index (χ3n) is 9.11. The van der Waals surface area contributed by atoms with Crippen LogP contribution in [0, 0.1) is 0 Å². The average Bonchev–Trinajstić information content (AvgIpc) is 3.34. The summed E-state index contributed by atoms with van der Waals surface area (Å²) in [5, 5.41) is 1.97. The molecule has 0 radical (unpaired) electrons. The molecule has 0 aliphatic carbocycles. The molecule has 1 nitrogen and oxygen atoms in total. The number of benzene rings is 9. The summed E-state index contributed by atoms with van der Waals surface area (Å²) >= 11 is 0. The van der Waals surface area contributed by atoms with E-state index in [0.717, 1.165) is 49.1 Å². The smallest absolute Gasteiger partial charge is 0.0645 e. The molecule has 0 amide bonds. The molecule has 0 aliphatic heterocycles. The summed E-state index contributed by atoms with van der Waals surface area (Å²) < 4.78 is 119. The molecule has 0 heterocycles. The van der Waals surface area contributed by atoms with Gasteiger partial charge in [-0.1, -0.05) is 176 Å². The van der Waals surface area contributed by atoms with Gasteiger partial charge in [-0.05, 0) is 115 Å². The minimum Gasteiger partial charge on any atom is -0.311 e. The van der Waals surface area contributed by atoms with Crippen molar-refractivity contribution in [3.63, 3.8) is 0 Å². The lowest BCUT2D eigenvalue weighted by Crippen LogP contribution is -2.09. The number of rotatable bonds is 8. The summed E-state index contributed by atoms with van der Waals surface area (Å²) in [6, 6.07) is 36.2. The monoisotopic (exact) mass is 688 g/mol. The van der Waals surface area contributed by atoms with Crippen molar-refractivity contribution in [2.45, 2.75) is 0 Å². The molecule has 0 N–H and O–H groups in total. The average molecular weight is 689 g/mol. The van der Waals surface area contributed by atoms with E-state index in [1.54, 1.807) is 30.3 Å². The van der Waals surface area contributed by atoms with Crippen molar-refractivity contribution in [3.05, 3.63) is 224 Å². The highest BCUT2D eigenvalue weighted by molar-refractivity contribution is 5.97. The maximum Gasteiger partial charge on any atom is 0.0645 e. The zero-order chi connectivity index (χ0) is 46.7. The van der Waals surface area contributed by atoms with Crippen LogP contribution < -0.4 is 4.90 Å². The number of fused-ring (bicyclic) bond motifs is 1. The molecular formula is C52H37N. The molecule has 0 aromatic heterocycles. The van der Waals surface area contributed by atoms with Crippen molar-refractivity contribution >= 4 is 27.8 Å². The van der Waals surface area contributed by atoms with Gasteiger partial charge in [0.1, 0.15) is 0 Å². The van der Waals surface area contributed by atoms with E-state index in [0.29, 0.717) is 11.1 Å². The van der Waals surface area contributed by atoms with Crippen LogP contribution in [0.4, 0.5) is 17.1 Å². The molecule has 9 aromatic carbocycles. The number of para-hydroxylation sites is 1. The van der Waals surface area contributed by atoms with Gasteiger partial charge in [-0.15, -0.1) is 0 Å². The van der Waals surface area contributed by atoms with Gasteiger partial charge in [-0.25, -0.2) is 0 Å². The molecule has 0 bridgehead atoms. The Labute approximate surface area is 330 Å². The van der Waals surface area contributed by atoms with Gasteiger partial charge in [0.05, 0.1) is 17.8 Å². The summed E-state index contributed by atoms with van der Waals surface area (Å²) in [6.07, 6.45) is 0. The lowest BCUT2D eigenvalue weighted by molar-refractivity contribution is 1.28. The van der Waals surface area contributed by atoms with E-state index in [1.807, 2.05) is 115 Å². The van der Waals surface area contributed by atoms with Crippen molar-refractivity contribution < 1.29 is 17.8 Å². The third-order valence-corrected chi connectivity index (χ3v) is 9.11. The number of hydrogen-bond donors (Lipinski definition) is 0. The van der Waals surface area contributed by atoms with Gasteiger partial charge < -0.3 is 4.90 Å². The van der Waals surface area contributed by atoms with E-state index in [4.69, 9.17) is 6.85 Å². The van der Waals surface area contributed by atoms with Gasteiger partial charge in [0.2, 0.25) is 0 Å². The first-order valence-electron chi connectivity index (χ1n) is 23.6. The molecule has 9 aromatic rings.